The van der Waals surface area contributed by atoms with E-state index < -0.39 is 0 Å². The van der Waals surface area contributed by atoms with Gasteiger partial charge in [-0.1, -0.05) is 34.1 Å². The van der Waals surface area contributed by atoms with Gasteiger partial charge in [0.25, 0.3) is 5.91 Å². The van der Waals surface area contributed by atoms with Gasteiger partial charge >= 0.3 is 0 Å². The van der Waals surface area contributed by atoms with Gasteiger partial charge in [-0.15, -0.1) is 0 Å². The minimum absolute atomic E-state index is 0.0188. The maximum Gasteiger partial charge on any atom is 0.268 e. The predicted molar refractivity (Wildman–Crippen MR) is 103 cm³/mol. The minimum Gasteiger partial charge on any atom is -0.361 e. The molecule has 0 aliphatic carbocycles. The molecular weight excluding hydrogens is 378 g/mol. The van der Waals surface area contributed by atoms with Gasteiger partial charge in [0.15, 0.2) is 0 Å². The lowest BCUT2D eigenvalue weighted by Gasteiger charge is -2.15. The number of carbonyl (C=O) groups is 1. The Bertz CT molecular complexity index is 1120. The largest absolute Gasteiger partial charge is 0.361 e. The van der Waals surface area contributed by atoms with Crippen LogP contribution in [0.15, 0.2) is 53.1 Å². The third kappa shape index (κ3) is 2.23. The molecule has 1 aliphatic heterocycles. The van der Waals surface area contributed by atoms with Crippen LogP contribution in [-0.2, 0) is 0 Å². The van der Waals surface area contributed by atoms with E-state index in [1.165, 1.54) is 10.9 Å². The van der Waals surface area contributed by atoms with E-state index in [-0.39, 0.29) is 11.8 Å². The molecule has 4 nitrogen and oxygen atoms in total. The summed E-state index contributed by atoms with van der Waals surface area (Å²) >= 11 is 3.58. The molecule has 0 saturated heterocycles. The Morgan fingerprint density at radius 3 is 2.84 bits per heavy atom. The molecule has 1 aliphatic rings. The van der Waals surface area contributed by atoms with Crippen LogP contribution in [0.5, 0.6) is 0 Å². The number of nitrogens with one attached hydrogen (secondary N) is 3. The van der Waals surface area contributed by atoms with E-state index in [2.05, 4.69) is 55.6 Å². The second-order valence-electron chi connectivity index (χ2n) is 6.49. The maximum atomic E-state index is 12.6. The van der Waals surface area contributed by atoms with Gasteiger partial charge in [-0.25, -0.2) is 0 Å². The second kappa shape index (κ2) is 5.49. The minimum atomic E-state index is -0.0188. The highest BCUT2D eigenvalue weighted by molar-refractivity contribution is 9.10. The zero-order valence-electron chi connectivity index (χ0n) is 13.4. The van der Waals surface area contributed by atoms with Crippen molar-refractivity contribution in [3.63, 3.8) is 0 Å². The number of fused-ring (bicyclic) bond motifs is 4. The van der Waals surface area contributed by atoms with Crippen molar-refractivity contribution in [1.82, 2.24) is 15.3 Å². The Balaban J connectivity index is 1.80. The lowest BCUT2D eigenvalue weighted by Crippen LogP contribution is -2.23. The first kappa shape index (κ1) is 14.8. The number of halogens is 1. The molecule has 0 fully saturated rings. The molecule has 1 unspecified atom stereocenters. The summed E-state index contributed by atoms with van der Waals surface area (Å²) in [6.07, 6.45) is 2.96. The Kier molecular flexibility index (Phi) is 3.25. The summed E-state index contributed by atoms with van der Waals surface area (Å²) < 4.78 is 1.06. The lowest BCUT2D eigenvalue weighted by atomic mass is 9.87. The molecule has 1 amide bonds. The monoisotopic (exact) mass is 393 g/mol. The van der Waals surface area contributed by atoms with E-state index >= 15 is 0 Å². The summed E-state index contributed by atoms with van der Waals surface area (Å²) in [7, 11) is 0. The molecule has 0 spiro atoms. The van der Waals surface area contributed by atoms with E-state index in [1.807, 2.05) is 24.3 Å². The fraction of sp³-hybridized carbons (Fsp3) is 0.150. The van der Waals surface area contributed by atoms with Crippen LogP contribution in [0.1, 0.15) is 34.0 Å². The fourth-order valence-electron chi connectivity index (χ4n) is 3.98. The number of para-hydroxylation sites is 1. The molecule has 0 radical (unpaired) electrons. The number of hydrogen-bond acceptors (Lipinski definition) is 1. The van der Waals surface area contributed by atoms with Gasteiger partial charge in [-0.2, -0.15) is 0 Å². The van der Waals surface area contributed by atoms with E-state index in [0.29, 0.717) is 12.2 Å². The van der Waals surface area contributed by atoms with Gasteiger partial charge in [-0.3, -0.25) is 4.79 Å². The molecule has 1 atom stereocenters. The van der Waals surface area contributed by atoms with Gasteiger partial charge in [-0.05, 0) is 41.8 Å². The zero-order valence-corrected chi connectivity index (χ0v) is 15.0. The third-order valence-corrected chi connectivity index (χ3v) is 5.58. The van der Waals surface area contributed by atoms with Gasteiger partial charge in [0.05, 0.1) is 0 Å². The number of carbonyl (C=O) groups excluding carboxylic acids is 1. The number of aromatic nitrogens is 2. The average Bonchev–Trinajstić information content (AvgIpc) is 3.16. The van der Waals surface area contributed by atoms with Crippen LogP contribution in [0.3, 0.4) is 0 Å². The van der Waals surface area contributed by atoms with Crippen molar-refractivity contribution in [2.24, 2.45) is 0 Å². The Morgan fingerprint density at radius 2 is 1.92 bits per heavy atom. The Morgan fingerprint density at radius 1 is 1.04 bits per heavy atom. The van der Waals surface area contributed by atoms with Crippen molar-refractivity contribution in [1.29, 1.82) is 0 Å². The van der Waals surface area contributed by atoms with Crippen LogP contribution in [0.2, 0.25) is 0 Å². The Labute approximate surface area is 152 Å². The molecular formula is C20H16BrN3O. The van der Waals surface area contributed by atoms with E-state index in [0.717, 1.165) is 32.9 Å². The zero-order chi connectivity index (χ0) is 17.0. The van der Waals surface area contributed by atoms with E-state index in [1.54, 1.807) is 0 Å². The molecule has 2 aromatic carbocycles. The fourth-order valence-corrected chi connectivity index (χ4v) is 4.34. The van der Waals surface area contributed by atoms with Crippen molar-refractivity contribution in [2.75, 3.05) is 6.54 Å². The Hall–Kier alpha value is -2.53. The molecule has 3 N–H and O–H groups in total. The van der Waals surface area contributed by atoms with Crippen LogP contribution < -0.4 is 5.32 Å². The van der Waals surface area contributed by atoms with Crippen LogP contribution in [0, 0.1) is 0 Å². The molecule has 4 aromatic rings. The summed E-state index contributed by atoms with van der Waals surface area (Å²) in [6, 6.07) is 14.4. The molecule has 124 valence electrons. The van der Waals surface area contributed by atoms with Gasteiger partial charge in [0, 0.05) is 44.9 Å². The van der Waals surface area contributed by atoms with E-state index in [4.69, 9.17) is 0 Å². The summed E-state index contributed by atoms with van der Waals surface area (Å²) in [5.41, 5.74) is 5.15. The number of benzene rings is 2. The number of amides is 1. The highest BCUT2D eigenvalue weighted by Gasteiger charge is 2.29. The first-order valence-corrected chi connectivity index (χ1v) is 9.17. The summed E-state index contributed by atoms with van der Waals surface area (Å²) in [5.74, 6) is 0.142. The van der Waals surface area contributed by atoms with Crippen molar-refractivity contribution < 1.29 is 4.79 Å². The predicted octanol–water partition coefficient (Wildman–Crippen LogP) is 4.68. The van der Waals surface area contributed by atoms with Crippen LogP contribution >= 0.6 is 15.9 Å². The van der Waals surface area contributed by atoms with Gasteiger partial charge in [0.2, 0.25) is 0 Å². The van der Waals surface area contributed by atoms with Gasteiger partial charge < -0.3 is 15.3 Å². The number of rotatable bonds is 1. The van der Waals surface area contributed by atoms with E-state index in [9.17, 15) is 4.79 Å². The summed E-state index contributed by atoms with van der Waals surface area (Å²) in [6.45, 7) is 0.668. The second-order valence-corrected chi connectivity index (χ2v) is 7.41. The number of hydrogen-bond donors (Lipinski definition) is 3. The molecule has 5 rings (SSSR count). The molecule has 0 bridgehead atoms. The van der Waals surface area contributed by atoms with Crippen LogP contribution in [-0.4, -0.2) is 22.4 Å². The number of aromatic amines is 2. The average molecular weight is 394 g/mol. The maximum absolute atomic E-state index is 12.6. The van der Waals surface area contributed by atoms with Crippen molar-refractivity contribution in [3.05, 3.63) is 70.0 Å². The van der Waals surface area contributed by atoms with Crippen molar-refractivity contribution in [2.45, 2.75) is 12.3 Å². The smallest absolute Gasteiger partial charge is 0.268 e. The molecule has 25 heavy (non-hydrogen) atoms. The lowest BCUT2D eigenvalue weighted by molar-refractivity contribution is 0.0952. The quantitative estimate of drug-likeness (QED) is 0.432. The van der Waals surface area contributed by atoms with Crippen LogP contribution in [0.25, 0.3) is 21.8 Å². The first-order chi connectivity index (χ1) is 12.2. The van der Waals surface area contributed by atoms with Gasteiger partial charge in [0.1, 0.15) is 5.69 Å². The molecule has 0 saturated carbocycles. The summed E-state index contributed by atoms with van der Waals surface area (Å²) in [5, 5.41) is 5.35. The SMILES string of the molecule is O=C1NCCC(c2c[nH]c3ccc(Br)cc23)c2c1[nH]c1ccccc21. The van der Waals surface area contributed by atoms with Crippen LogP contribution in [0.4, 0.5) is 0 Å². The highest BCUT2D eigenvalue weighted by Crippen LogP contribution is 2.40. The van der Waals surface area contributed by atoms with Crippen molar-refractivity contribution in [3.8, 4) is 0 Å². The molecule has 5 heteroatoms. The topological polar surface area (TPSA) is 60.7 Å². The molecule has 2 aromatic heterocycles. The van der Waals surface area contributed by atoms with Crippen molar-refractivity contribution >= 4 is 43.6 Å². The first-order valence-electron chi connectivity index (χ1n) is 8.37. The summed E-state index contributed by atoms with van der Waals surface area (Å²) in [4.78, 5) is 19.3. The third-order valence-electron chi connectivity index (χ3n) is 5.09. The number of H-pyrrole nitrogens is 2. The standard InChI is InChI=1S/C20H16BrN3O/c21-11-5-6-16-14(9-11)15(10-23-16)12-7-8-22-20(25)19-18(12)13-3-1-2-4-17(13)24-19/h1-6,9-10,12,23-24H,7-8H2,(H,22,25). The highest BCUT2D eigenvalue weighted by atomic mass is 79.9. The normalized spacial score (nSPS) is 17.5. The molecule has 3 heterocycles.